The predicted molar refractivity (Wildman–Crippen MR) is 142 cm³/mol. The number of oxime groups is 1. The van der Waals surface area contributed by atoms with Gasteiger partial charge in [-0.05, 0) is 37.3 Å². The maximum absolute atomic E-state index is 13.7. The Labute approximate surface area is 222 Å². The van der Waals surface area contributed by atoms with Crippen LogP contribution in [0.3, 0.4) is 0 Å². The van der Waals surface area contributed by atoms with Crippen molar-refractivity contribution in [2.75, 3.05) is 19.7 Å². The molecule has 0 saturated heterocycles. The molecule has 1 unspecified atom stereocenters. The smallest absolute Gasteiger partial charge is 0.319 e. The second kappa shape index (κ2) is 14.7. The molecule has 204 valence electrons. The number of amides is 2. The Balaban J connectivity index is 1.60. The van der Waals surface area contributed by atoms with Crippen molar-refractivity contribution in [3.05, 3.63) is 34.0 Å². The van der Waals surface area contributed by atoms with Crippen LogP contribution in [0.2, 0.25) is 0 Å². The van der Waals surface area contributed by atoms with Gasteiger partial charge in [-0.3, -0.25) is 19.7 Å². The molecule has 3 rings (SSSR count). The van der Waals surface area contributed by atoms with Crippen LogP contribution in [0.1, 0.15) is 68.0 Å². The molecule has 2 heterocycles. The van der Waals surface area contributed by atoms with Crippen LogP contribution < -0.4 is 16.4 Å². The number of amidine groups is 1. The van der Waals surface area contributed by atoms with E-state index in [1.807, 2.05) is 6.08 Å². The van der Waals surface area contributed by atoms with E-state index in [1.165, 1.54) is 11.3 Å². The Kier molecular flexibility index (Phi) is 11.4. The van der Waals surface area contributed by atoms with E-state index in [0.717, 1.165) is 56.2 Å². The topological polar surface area (TPSA) is 146 Å². The lowest BCUT2D eigenvalue weighted by atomic mass is 9.83. The van der Waals surface area contributed by atoms with Gasteiger partial charge >= 0.3 is 5.97 Å². The number of hydrogen-bond acceptors (Lipinski definition) is 8. The highest BCUT2D eigenvalue weighted by Gasteiger charge is 2.38. The lowest BCUT2D eigenvalue weighted by molar-refractivity contribution is -0.144. The molecule has 0 aromatic carbocycles. The molecule has 1 saturated carbocycles. The average Bonchev–Trinajstić information content (AvgIpc) is 3.60. The van der Waals surface area contributed by atoms with E-state index in [1.54, 1.807) is 23.1 Å². The van der Waals surface area contributed by atoms with E-state index in [2.05, 4.69) is 22.7 Å². The number of esters is 1. The zero-order chi connectivity index (χ0) is 26.6. The number of nitrogens with one attached hydrogen (secondary N) is 2. The average molecular weight is 534 g/mol. The molecule has 10 nitrogen and oxygen atoms in total. The fourth-order valence-electron chi connectivity index (χ4n) is 4.80. The minimum Gasteiger partial charge on any atom is -0.465 e. The standard InChI is InChI=1S/C26H39N5O5S/c1-2-3-7-15-36-22(32)17-28-23(18-9-5-4-6-10-18)26(34)31-14-8-11-20(31)25(33)29-16-19-12-13-21(37-19)24(27)30-35/h8,11-13,18,20,23,28,35H,2-7,9-10,14-17H2,1H3,(H2,27,30)(H,29,33)/t20?,23-/m0/s1. The summed E-state index contributed by atoms with van der Waals surface area (Å²) in [6.07, 6.45) is 11.5. The summed E-state index contributed by atoms with van der Waals surface area (Å²) in [7, 11) is 0. The highest BCUT2D eigenvalue weighted by Crippen LogP contribution is 2.28. The van der Waals surface area contributed by atoms with Gasteiger partial charge in [0.15, 0.2) is 5.84 Å². The van der Waals surface area contributed by atoms with Gasteiger partial charge in [0, 0.05) is 11.4 Å². The quantitative estimate of drug-likeness (QED) is 0.0579. The van der Waals surface area contributed by atoms with Gasteiger partial charge < -0.3 is 25.9 Å². The summed E-state index contributed by atoms with van der Waals surface area (Å²) < 4.78 is 5.31. The summed E-state index contributed by atoms with van der Waals surface area (Å²) in [6, 6.07) is 2.27. The molecular weight excluding hydrogens is 494 g/mol. The Bertz CT molecular complexity index is 972. The minimum atomic E-state index is -0.718. The van der Waals surface area contributed by atoms with Crippen molar-refractivity contribution in [3.8, 4) is 0 Å². The molecule has 2 atom stereocenters. The third kappa shape index (κ3) is 8.29. The first-order valence-electron chi connectivity index (χ1n) is 13.1. The Hall–Kier alpha value is -2.92. The van der Waals surface area contributed by atoms with Crippen LogP contribution in [0.4, 0.5) is 0 Å². The van der Waals surface area contributed by atoms with Gasteiger partial charge in [0.05, 0.1) is 30.6 Å². The van der Waals surface area contributed by atoms with E-state index in [0.29, 0.717) is 18.0 Å². The molecule has 2 aliphatic rings. The first-order valence-corrected chi connectivity index (χ1v) is 14.0. The molecule has 37 heavy (non-hydrogen) atoms. The van der Waals surface area contributed by atoms with Gasteiger partial charge in [0.25, 0.3) is 0 Å². The van der Waals surface area contributed by atoms with Crippen LogP contribution >= 0.6 is 11.3 Å². The molecule has 1 aromatic rings. The zero-order valence-corrected chi connectivity index (χ0v) is 22.3. The second-order valence-electron chi connectivity index (χ2n) is 9.52. The van der Waals surface area contributed by atoms with Gasteiger partial charge in [-0.25, -0.2) is 0 Å². The number of nitrogens with zero attached hydrogens (tertiary/aromatic N) is 2. The van der Waals surface area contributed by atoms with Crippen molar-refractivity contribution in [1.29, 1.82) is 0 Å². The lowest BCUT2D eigenvalue weighted by Gasteiger charge is -2.34. The highest BCUT2D eigenvalue weighted by molar-refractivity contribution is 7.14. The van der Waals surface area contributed by atoms with Crippen molar-refractivity contribution in [1.82, 2.24) is 15.5 Å². The molecule has 11 heteroatoms. The fourth-order valence-corrected chi connectivity index (χ4v) is 5.64. The van der Waals surface area contributed by atoms with Crippen molar-refractivity contribution in [3.63, 3.8) is 0 Å². The van der Waals surface area contributed by atoms with E-state index in [9.17, 15) is 14.4 Å². The number of unbranched alkanes of at least 4 members (excludes halogenated alkanes) is 2. The summed E-state index contributed by atoms with van der Waals surface area (Å²) in [6.45, 7) is 3.06. The molecule has 1 fully saturated rings. The molecule has 0 bridgehead atoms. The Morgan fingerprint density at radius 1 is 1.24 bits per heavy atom. The van der Waals surface area contributed by atoms with Crippen LogP contribution in [0.25, 0.3) is 0 Å². The van der Waals surface area contributed by atoms with Crippen molar-refractivity contribution < 1.29 is 24.3 Å². The monoisotopic (exact) mass is 533 g/mol. The summed E-state index contributed by atoms with van der Waals surface area (Å²) >= 11 is 1.32. The highest BCUT2D eigenvalue weighted by atomic mass is 32.1. The first-order chi connectivity index (χ1) is 17.9. The molecule has 1 aliphatic carbocycles. The zero-order valence-electron chi connectivity index (χ0n) is 21.5. The Morgan fingerprint density at radius 3 is 2.76 bits per heavy atom. The molecule has 2 amide bonds. The van der Waals surface area contributed by atoms with Crippen LogP contribution in [0, 0.1) is 5.92 Å². The number of carbonyl (C=O) groups is 3. The molecule has 5 N–H and O–H groups in total. The van der Waals surface area contributed by atoms with Gasteiger partial charge in [0.1, 0.15) is 6.04 Å². The SMILES string of the molecule is CCCCCOC(=O)CN[C@H](C(=O)N1CC=CC1C(=O)NCc1ccc(/C(N)=N/O)s1)C1CCCCC1. The fraction of sp³-hybridized carbons (Fsp3) is 0.615. The van der Waals surface area contributed by atoms with Gasteiger partial charge in [-0.1, -0.05) is 56.3 Å². The number of carbonyl (C=O) groups excluding carboxylic acids is 3. The Morgan fingerprint density at radius 2 is 2.03 bits per heavy atom. The number of rotatable bonds is 13. The first kappa shape index (κ1) is 28.6. The third-order valence-corrected chi connectivity index (χ3v) is 7.94. The molecule has 0 radical (unpaired) electrons. The molecule has 1 aromatic heterocycles. The van der Waals surface area contributed by atoms with Gasteiger partial charge in [-0.2, -0.15) is 0 Å². The van der Waals surface area contributed by atoms with E-state index in [4.69, 9.17) is 15.7 Å². The van der Waals surface area contributed by atoms with E-state index >= 15 is 0 Å². The van der Waals surface area contributed by atoms with Crippen LogP contribution in [-0.4, -0.2) is 65.5 Å². The lowest BCUT2D eigenvalue weighted by Crippen LogP contribution is -2.56. The summed E-state index contributed by atoms with van der Waals surface area (Å²) in [5.74, 6) is -0.675. The van der Waals surface area contributed by atoms with E-state index in [-0.39, 0.29) is 42.6 Å². The molecule has 1 aliphatic heterocycles. The van der Waals surface area contributed by atoms with E-state index < -0.39 is 12.1 Å². The predicted octanol–water partition coefficient (Wildman–Crippen LogP) is 2.50. The van der Waals surface area contributed by atoms with Crippen LogP contribution in [0.5, 0.6) is 0 Å². The maximum atomic E-state index is 13.7. The summed E-state index contributed by atoms with van der Waals surface area (Å²) in [5.41, 5.74) is 5.62. The number of hydrogen-bond donors (Lipinski definition) is 4. The number of nitrogens with two attached hydrogens (primary N) is 1. The third-order valence-electron chi connectivity index (χ3n) is 6.83. The number of ether oxygens (including phenoxy) is 1. The van der Waals surface area contributed by atoms with Gasteiger partial charge in [0.2, 0.25) is 11.8 Å². The van der Waals surface area contributed by atoms with Crippen LogP contribution in [0.15, 0.2) is 29.4 Å². The molecular formula is C26H39N5O5S. The largest absolute Gasteiger partial charge is 0.465 e. The summed E-state index contributed by atoms with van der Waals surface area (Å²) in [5, 5.41) is 17.9. The second-order valence-corrected chi connectivity index (χ2v) is 10.7. The van der Waals surface area contributed by atoms with Crippen molar-refractivity contribution >= 4 is 35.0 Å². The normalized spacial score (nSPS) is 19.1. The number of thiophene rings is 1. The van der Waals surface area contributed by atoms with Crippen molar-refractivity contribution in [2.24, 2.45) is 16.8 Å². The van der Waals surface area contributed by atoms with Crippen LogP contribution in [-0.2, 0) is 25.7 Å². The maximum Gasteiger partial charge on any atom is 0.319 e. The summed E-state index contributed by atoms with van der Waals surface area (Å²) in [4.78, 5) is 42.0. The minimum absolute atomic E-state index is 0.0178. The van der Waals surface area contributed by atoms with Gasteiger partial charge in [-0.15, -0.1) is 11.3 Å². The molecule has 0 spiro atoms. The van der Waals surface area contributed by atoms with Crippen molar-refractivity contribution in [2.45, 2.75) is 76.9 Å².